The first kappa shape index (κ1) is 9.82. The van der Waals surface area contributed by atoms with Crippen LogP contribution in [0.25, 0.3) is 0 Å². The number of aryl methyl sites for hydroxylation is 1. The van der Waals surface area contributed by atoms with Gasteiger partial charge in [0.2, 0.25) is 10.7 Å². The molecule has 0 radical (unpaired) electrons. The van der Waals surface area contributed by atoms with E-state index in [1.807, 2.05) is 0 Å². The van der Waals surface area contributed by atoms with Gasteiger partial charge < -0.3 is 9.90 Å². The number of hydrogen-bond acceptors (Lipinski definition) is 5. The highest BCUT2D eigenvalue weighted by atomic mass is 32.2. The van der Waals surface area contributed by atoms with Crippen LogP contribution < -0.4 is 10.2 Å². The first-order valence-electron chi connectivity index (χ1n) is 3.45. The van der Waals surface area contributed by atoms with Crippen molar-refractivity contribution in [3.63, 3.8) is 0 Å². The number of aromatic carboxylic acids is 1. The summed E-state index contributed by atoms with van der Waals surface area (Å²) in [6.45, 7) is 2.80. The number of carboxylic acid groups (broad SMARTS) is 1. The molecule has 1 heterocycles. The van der Waals surface area contributed by atoms with Crippen LogP contribution in [0.2, 0.25) is 0 Å². The van der Waals surface area contributed by atoms with Crippen LogP contribution in [-0.4, -0.2) is 16.7 Å². The minimum absolute atomic E-state index is 0.0785. The van der Waals surface area contributed by atoms with E-state index in [0.29, 0.717) is 0 Å². The Labute approximate surface area is 77.3 Å². The van der Waals surface area contributed by atoms with E-state index in [1.165, 1.54) is 13.8 Å². The number of aromatic nitrogens is 1. The van der Waals surface area contributed by atoms with E-state index in [1.54, 1.807) is 0 Å². The molecule has 1 aromatic heterocycles. The third kappa shape index (κ3) is 1.58. The number of nitrogens with zero attached hydrogens (tertiary/aromatic N) is 1. The van der Waals surface area contributed by atoms with Crippen molar-refractivity contribution < 1.29 is 14.7 Å². The average molecular weight is 200 g/mol. The maximum Gasteiger partial charge on any atom is 0.331 e. The summed E-state index contributed by atoms with van der Waals surface area (Å²) in [4.78, 5) is 25.2. The largest absolute Gasteiger partial charge is 0.540 e. The highest BCUT2D eigenvalue weighted by Gasteiger charge is 2.27. The summed E-state index contributed by atoms with van der Waals surface area (Å²) in [5.41, 5.74) is 0.260. The molecule has 0 aliphatic rings. The van der Waals surface area contributed by atoms with E-state index in [9.17, 15) is 14.7 Å². The lowest BCUT2D eigenvalue weighted by atomic mass is 10.4. The van der Waals surface area contributed by atoms with E-state index in [-0.39, 0.29) is 21.4 Å². The lowest BCUT2D eigenvalue weighted by Crippen LogP contribution is -2.23. The third-order valence-corrected chi connectivity index (χ3v) is 3.21. The lowest BCUT2D eigenvalue weighted by molar-refractivity contribution is -0.254. The van der Waals surface area contributed by atoms with Gasteiger partial charge in [-0.3, -0.25) is 4.79 Å². The van der Waals surface area contributed by atoms with E-state index < -0.39 is 16.6 Å². The monoisotopic (exact) mass is 200 g/mol. The molecule has 1 aromatic rings. The van der Waals surface area contributed by atoms with E-state index in [0.717, 1.165) is 0 Å². The van der Waals surface area contributed by atoms with Crippen molar-refractivity contribution in [1.82, 2.24) is 4.98 Å². The molecular formula is C7H8N2O3S. The molecule has 0 fully saturated rings. The summed E-state index contributed by atoms with van der Waals surface area (Å²) < 4.78 is 0. The Bertz CT molecular complexity index is 383. The fourth-order valence-corrected chi connectivity index (χ4v) is 2.26. The smallest absolute Gasteiger partial charge is 0.331 e. The first-order chi connectivity index (χ1) is 5.95. The molecule has 70 valence electrons. The molecule has 0 aliphatic carbocycles. The molecule has 5 nitrogen and oxygen atoms in total. The van der Waals surface area contributed by atoms with Gasteiger partial charge in [-0.2, -0.15) is 4.98 Å². The van der Waals surface area contributed by atoms with Gasteiger partial charge in [-0.1, -0.05) is 0 Å². The Kier molecular flexibility index (Phi) is 2.44. The van der Waals surface area contributed by atoms with Crippen molar-refractivity contribution in [3.8, 4) is 0 Å². The number of nitrogens with two attached hydrogens (primary N) is 1. The maximum atomic E-state index is 10.9. The Hall–Kier alpha value is -1.27. The number of carbonyl (C=O) groups excluding carboxylic acids is 2. The second kappa shape index (κ2) is 3.23. The molecule has 0 spiro atoms. The normalized spacial score (nSPS) is 11.5. The van der Waals surface area contributed by atoms with Gasteiger partial charge in [0.1, 0.15) is 22.3 Å². The molecule has 1 rings (SSSR count). The van der Waals surface area contributed by atoms with Crippen molar-refractivity contribution in [2.24, 2.45) is 0 Å². The zero-order valence-electron chi connectivity index (χ0n) is 7.16. The molecule has 0 aliphatic heterocycles. The van der Waals surface area contributed by atoms with Gasteiger partial charge in [-0.15, -0.1) is 5.14 Å². The van der Waals surface area contributed by atoms with E-state index in [2.05, 4.69) is 4.98 Å². The fourth-order valence-electron chi connectivity index (χ4n) is 0.979. The van der Waals surface area contributed by atoms with Gasteiger partial charge in [0.15, 0.2) is 0 Å². The van der Waals surface area contributed by atoms with Gasteiger partial charge in [0, 0.05) is 6.92 Å². The number of thiazole rings is 1. The van der Waals surface area contributed by atoms with Crippen LogP contribution in [0.4, 0.5) is 0 Å². The van der Waals surface area contributed by atoms with Crippen molar-refractivity contribution >= 4 is 22.4 Å². The number of hydrogen-bond donors (Lipinski definition) is 1. The third-order valence-electron chi connectivity index (χ3n) is 1.51. The molecule has 13 heavy (non-hydrogen) atoms. The predicted molar refractivity (Wildman–Crippen MR) is 45.9 cm³/mol. The second-order valence-electron chi connectivity index (χ2n) is 2.51. The summed E-state index contributed by atoms with van der Waals surface area (Å²) in [6, 6.07) is 0. The van der Waals surface area contributed by atoms with Gasteiger partial charge >= 0.3 is 5.01 Å². The van der Waals surface area contributed by atoms with Crippen LogP contribution in [0.5, 0.6) is 0 Å². The number of rotatable bonds is 2. The number of ketones is 1. The van der Waals surface area contributed by atoms with Crippen LogP contribution in [0.3, 0.4) is 0 Å². The van der Waals surface area contributed by atoms with Crippen LogP contribution >= 0.6 is 10.7 Å². The first-order valence-corrected chi connectivity index (χ1v) is 4.74. The molecule has 0 saturated heterocycles. The SMILES string of the molecule is CC(=O)c1nc(C)c(C(=O)[O-])[s+]1N. The highest BCUT2D eigenvalue weighted by molar-refractivity contribution is 7.34. The van der Waals surface area contributed by atoms with E-state index >= 15 is 0 Å². The number of nitrogen functional groups attached to an aromatic ring is 1. The molecule has 0 amide bonds. The Morgan fingerprint density at radius 3 is 2.31 bits per heavy atom. The molecule has 2 N–H and O–H groups in total. The zero-order valence-corrected chi connectivity index (χ0v) is 7.97. The highest BCUT2D eigenvalue weighted by Crippen LogP contribution is 2.24. The van der Waals surface area contributed by atoms with Gasteiger partial charge in [0.05, 0.1) is 0 Å². The predicted octanol–water partition coefficient (Wildman–Crippen LogP) is -0.581. The summed E-state index contributed by atoms with van der Waals surface area (Å²) in [6.07, 6.45) is 0. The van der Waals surface area contributed by atoms with Crippen LogP contribution in [0, 0.1) is 6.92 Å². The van der Waals surface area contributed by atoms with Crippen LogP contribution in [-0.2, 0) is 0 Å². The molecule has 0 bridgehead atoms. The number of carboxylic acids is 1. The number of Topliss-reactive ketones (excluding diaryl/α,β-unsaturated/α-hetero) is 1. The van der Waals surface area contributed by atoms with Crippen molar-refractivity contribution in [2.75, 3.05) is 5.14 Å². The Morgan fingerprint density at radius 1 is 1.54 bits per heavy atom. The van der Waals surface area contributed by atoms with Crippen molar-refractivity contribution in [1.29, 1.82) is 0 Å². The Morgan fingerprint density at radius 2 is 2.08 bits per heavy atom. The summed E-state index contributed by atoms with van der Waals surface area (Å²) >= 11 is 0. The van der Waals surface area contributed by atoms with Gasteiger partial charge in [0.25, 0.3) is 0 Å². The summed E-state index contributed by atoms with van der Waals surface area (Å²) in [5, 5.41) is 16.2. The van der Waals surface area contributed by atoms with Crippen molar-refractivity contribution in [3.05, 3.63) is 15.6 Å². The second-order valence-corrected chi connectivity index (χ2v) is 3.98. The standard InChI is InChI=1S/C7H8N2O3S/c1-3-5(7(11)12)13(8)6(9-3)4(2)10/h8H2,1-2H3. The average Bonchev–Trinajstić information content (AvgIpc) is 2.26. The van der Waals surface area contributed by atoms with Gasteiger partial charge in [-0.05, 0) is 6.92 Å². The molecule has 0 saturated carbocycles. The Balaban J connectivity index is 3.39. The quantitative estimate of drug-likeness (QED) is 0.509. The van der Waals surface area contributed by atoms with Gasteiger partial charge in [-0.25, -0.2) is 0 Å². The fraction of sp³-hybridized carbons (Fsp3) is 0.286. The number of carbonyl (C=O) groups is 2. The van der Waals surface area contributed by atoms with E-state index in [4.69, 9.17) is 5.14 Å². The minimum Gasteiger partial charge on any atom is -0.540 e. The molecule has 0 aromatic carbocycles. The molecule has 1 atom stereocenters. The summed E-state index contributed by atoms with van der Waals surface area (Å²) in [7, 11) is -1.22. The maximum absolute atomic E-state index is 10.9. The minimum atomic E-state index is -1.36. The topological polar surface area (TPSA) is 96.1 Å². The van der Waals surface area contributed by atoms with Crippen LogP contribution in [0.1, 0.15) is 32.1 Å². The molecule has 6 heteroatoms. The molecule has 1 unspecified atom stereocenters. The lowest BCUT2D eigenvalue weighted by Gasteiger charge is -1.92. The van der Waals surface area contributed by atoms with Crippen molar-refractivity contribution in [2.45, 2.75) is 13.8 Å². The summed E-state index contributed by atoms with van der Waals surface area (Å²) in [5.74, 6) is -1.66. The molecular weight excluding hydrogens is 192 g/mol. The zero-order chi connectivity index (χ0) is 10.2. The van der Waals surface area contributed by atoms with Crippen LogP contribution in [0.15, 0.2) is 0 Å².